The van der Waals surface area contributed by atoms with E-state index < -0.39 is 17.9 Å². The second-order valence-corrected chi connectivity index (χ2v) is 6.75. The molecule has 1 aromatic heterocycles. The first-order valence-corrected chi connectivity index (χ1v) is 8.79. The van der Waals surface area contributed by atoms with Crippen LogP contribution >= 0.6 is 0 Å². The van der Waals surface area contributed by atoms with Crippen molar-refractivity contribution < 1.29 is 14.4 Å². The molecular formula is C18H26N4O3. The minimum atomic E-state index is -0.691. The zero-order chi connectivity index (χ0) is 18.2. The van der Waals surface area contributed by atoms with Crippen LogP contribution in [-0.2, 0) is 9.59 Å². The summed E-state index contributed by atoms with van der Waals surface area (Å²) in [5, 5.41) is 2.83. The van der Waals surface area contributed by atoms with Gasteiger partial charge in [0.25, 0.3) is 11.8 Å². The summed E-state index contributed by atoms with van der Waals surface area (Å²) in [7, 11) is 0. The molecule has 2 rings (SSSR count). The number of hydrogen-bond acceptors (Lipinski definition) is 4. The number of aromatic nitrogens is 1. The number of rotatable bonds is 5. The highest BCUT2D eigenvalue weighted by molar-refractivity contribution is 5.96. The van der Waals surface area contributed by atoms with Crippen molar-refractivity contribution in [2.24, 2.45) is 11.8 Å². The Morgan fingerprint density at radius 1 is 1.12 bits per heavy atom. The molecule has 7 heteroatoms. The highest BCUT2D eigenvalue weighted by atomic mass is 16.2. The van der Waals surface area contributed by atoms with Crippen LogP contribution in [0.3, 0.4) is 0 Å². The maximum absolute atomic E-state index is 12.4. The van der Waals surface area contributed by atoms with Gasteiger partial charge in [-0.3, -0.25) is 30.2 Å². The summed E-state index contributed by atoms with van der Waals surface area (Å²) in [6.07, 6.45) is 7.98. The highest BCUT2D eigenvalue weighted by Crippen LogP contribution is 2.24. The Bertz CT molecular complexity index is 598. The fraction of sp³-hybridized carbons (Fsp3) is 0.556. The van der Waals surface area contributed by atoms with Crippen molar-refractivity contribution in [1.82, 2.24) is 21.2 Å². The fourth-order valence-electron chi connectivity index (χ4n) is 2.94. The maximum atomic E-state index is 12.4. The lowest BCUT2D eigenvalue weighted by atomic mass is 9.88. The number of carbonyl (C=O) groups is 3. The Morgan fingerprint density at radius 3 is 2.44 bits per heavy atom. The summed E-state index contributed by atoms with van der Waals surface area (Å²) in [5.74, 6) is -1.08. The van der Waals surface area contributed by atoms with Crippen LogP contribution in [0.4, 0.5) is 0 Å². The SMILES string of the molecule is CC(C)[C@@H](NC(=O)C1CCCCC1)C(=O)NNC(=O)c1cccnc1. The molecule has 3 N–H and O–H groups in total. The van der Waals surface area contributed by atoms with Crippen molar-refractivity contribution in [3.63, 3.8) is 0 Å². The molecule has 0 bridgehead atoms. The summed E-state index contributed by atoms with van der Waals surface area (Å²) < 4.78 is 0. The zero-order valence-corrected chi connectivity index (χ0v) is 14.7. The molecule has 0 radical (unpaired) electrons. The van der Waals surface area contributed by atoms with Gasteiger partial charge < -0.3 is 5.32 Å². The number of pyridine rings is 1. The number of nitrogens with zero attached hydrogens (tertiary/aromatic N) is 1. The lowest BCUT2D eigenvalue weighted by Crippen LogP contribution is -2.55. The van der Waals surface area contributed by atoms with Crippen LogP contribution in [0.15, 0.2) is 24.5 Å². The van der Waals surface area contributed by atoms with E-state index in [-0.39, 0.29) is 17.7 Å². The van der Waals surface area contributed by atoms with E-state index in [1.165, 1.54) is 6.20 Å². The van der Waals surface area contributed by atoms with Crippen LogP contribution in [0.5, 0.6) is 0 Å². The van der Waals surface area contributed by atoms with Gasteiger partial charge >= 0.3 is 0 Å². The predicted molar refractivity (Wildman–Crippen MR) is 93.2 cm³/mol. The summed E-state index contributed by atoms with van der Waals surface area (Å²) in [5.41, 5.74) is 5.09. The van der Waals surface area contributed by atoms with Gasteiger partial charge in [0.2, 0.25) is 5.91 Å². The molecule has 0 aromatic carbocycles. The summed E-state index contributed by atoms with van der Waals surface area (Å²) in [6, 6.07) is 2.54. The first-order chi connectivity index (χ1) is 12.0. The largest absolute Gasteiger partial charge is 0.344 e. The van der Waals surface area contributed by atoms with Crippen LogP contribution in [0.2, 0.25) is 0 Å². The van der Waals surface area contributed by atoms with Crippen molar-refractivity contribution in [3.05, 3.63) is 30.1 Å². The summed E-state index contributed by atoms with van der Waals surface area (Å²) >= 11 is 0. The Hall–Kier alpha value is -2.44. The summed E-state index contributed by atoms with van der Waals surface area (Å²) in [6.45, 7) is 3.71. The van der Waals surface area contributed by atoms with Gasteiger partial charge in [0.15, 0.2) is 0 Å². The molecule has 136 valence electrons. The lowest BCUT2D eigenvalue weighted by molar-refractivity contribution is -0.133. The van der Waals surface area contributed by atoms with Crippen molar-refractivity contribution in [1.29, 1.82) is 0 Å². The lowest BCUT2D eigenvalue weighted by Gasteiger charge is -2.26. The predicted octanol–water partition coefficient (Wildman–Crippen LogP) is 1.56. The quantitative estimate of drug-likeness (QED) is 0.705. The monoisotopic (exact) mass is 346 g/mol. The van der Waals surface area contributed by atoms with E-state index in [2.05, 4.69) is 21.2 Å². The standard InChI is InChI=1S/C18H26N4O3/c1-12(2)15(20-16(23)13-7-4-3-5-8-13)18(25)22-21-17(24)14-9-6-10-19-11-14/h6,9-13,15H,3-5,7-8H2,1-2H3,(H,20,23)(H,21,24)(H,22,25)/t15-/m1/s1. The number of carbonyl (C=O) groups excluding carboxylic acids is 3. The van der Waals surface area contributed by atoms with Crippen LogP contribution in [-0.4, -0.2) is 28.7 Å². The van der Waals surface area contributed by atoms with E-state index in [0.717, 1.165) is 32.1 Å². The number of hydrogen-bond donors (Lipinski definition) is 3. The van der Waals surface area contributed by atoms with Gasteiger partial charge in [0, 0.05) is 18.3 Å². The van der Waals surface area contributed by atoms with Gasteiger partial charge in [-0.15, -0.1) is 0 Å². The second-order valence-electron chi connectivity index (χ2n) is 6.75. The van der Waals surface area contributed by atoms with Crippen LogP contribution < -0.4 is 16.2 Å². The third-order valence-electron chi connectivity index (χ3n) is 4.45. The molecule has 0 saturated heterocycles. The van der Waals surface area contributed by atoms with E-state index in [1.54, 1.807) is 18.3 Å². The minimum absolute atomic E-state index is 0.0206. The van der Waals surface area contributed by atoms with Crippen LogP contribution in [0, 0.1) is 11.8 Å². The molecule has 7 nitrogen and oxygen atoms in total. The van der Waals surface area contributed by atoms with Crippen molar-refractivity contribution in [2.75, 3.05) is 0 Å². The molecular weight excluding hydrogens is 320 g/mol. The molecule has 1 heterocycles. The fourth-order valence-corrected chi connectivity index (χ4v) is 2.94. The van der Waals surface area contributed by atoms with Gasteiger partial charge in [-0.1, -0.05) is 33.1 Å². The molecule has 1 atom stereocenters. The van der Waals surface area contributed by atoms with Gasteiger partial charge in [-0.25, -0.2) is 0 Å². The smallest absolute Gasteiger partial charge is 0.271 e. The van der Waals surface area contributed by atoms with Crippen LogP contribution in [0.25, 0.3) is 0 Å². The van der Waals surface area contributed by atoms with Crippen molar-refractivity contribution >= 4 is 17.7 Å². The molecule has 3 amide bonds. The Morgan fingerprint density at radius 2 is 1.84 bits per heavy atom. The summed E-state index contributed by atoms with van der Waals surface area (Å²) in [4.78, 5) is 40.6. The van der Waals surface area contributed by atoms with Crippen molar-refractivity contribution in [2.45, 2.75) is 52.0 Å². The Kier molecular flexibility index (Phi) is 6.91. The van der Waals surface area contributed by atoms with E-state index in [1.807, 2.05) is 13.8 Å². The average Bonchev–Trinajstić information content (AvgIpc) is 2.64. The molecule has 0 unspecified atom stereocenters. The maximum Gasteiger partial charge on any atom is 0.271 e. The Balaban J connectivity index is 1.89. The van der Waals surface area contributed by atoms with Crippen molar-refractivity contribution in [3.8, 4) is 0 Å². The van der Waals surface area contributed by atoms with Gasteiger partial charge in [-0.2, -0.15) is 0 Å². The molecule has 0 spiro atoms. The van der Waals surface area contributed by atoms with Gasteiger partial charge in [0.1, 0.15) is 6.04 Å². The number of amides is 3. The van der Waals surface area contributed by atoms with Crippen LogP contribution in [0.1, 0.15) is 56.3 Å². The molecule has 1 aliphatic rings. The number of hydrazine groups is 1. The number of nitrogens with one attached hydrogen (secondary N) is 3. The van der Waals surface area contributed by atoms with E-state index in [0.29, 0.717) is 5.56 Å². The first-order valence-electron chi connectivity index (χ1n) is 8.79. The normalized spacial score (nSPS) is 16.1. The second kappa shape index (κ2) is 9.15. The molecule has 1 saturated carbocycles. The van der Waals surface area contributed by atoms with Gasteiger partial charge in [-0.05, 0) is 30.9 Å². The molecule has 25 heavy (non-hydrogen) atoms. The average molecular weight is 346 g/mol. The molecule has 1 aromatic rings. The molecule has 1 fully saturated rings. The molecule has 1 aliphatic carbocycles. The van der Waals surface area contributed by atoms with E-state index in [9.17, 15) is 14.4 Å². The van der Waals surface area contributed by atoms with Gasteiger partial charge in [0.05, 0.1) is 5.56 Å². The Labute approximate surface area is 147 Å². The third-order valence-corrected chi connectivity index (χ3v) is 4.45. The third kappa shape index (κ3) is 5.55. The topological polar surface area (TPSA) is 100 Å². The first kappa shape index (κ1) is 18.9. The molecule has 0 aliphatic heterocycles. The van der Waals surface area contributed by atoms with E-state index >= 15 is 0 Å². The van der Waals surface area contributed by atoms with E-state index in [4.69, 9.17) is 0 Å². The highest BCUT2D eigenvalue weighted by Gasteiger charge is 2.28. The zero-order valence-electron chi connectivity index (χ0n) is 14.7. The minimum Gasteiger partial charge on any atom is -0.344 e.